The number of rotatable bonds is 0. The molecule has 0 fully saturated rings. The average molecular weight is 303 g/mol. The lowest BCUT2D eigenvalue weighted by Crippen LogP contribution is -1.62. The van der Waals surface area contributed by atoms with Crippen LogP contribution in [-0.4, -0.2) is 15.0 Å². The van der Waals surface area contributed by atoms with Crippen LogP contribution in [0.15, 0.2) is 96.3 Å². The van der Waals surface area contributed by atoms with Gasteiger partial charge in [-0.15, -0.1) is 0 Å². The summed E-state index contributed by atoms with van der Waals surface area (Å²) in [5.41, 5.74) is 2.42. The standard InChI is InChI=1S/C12H9N.C4H4O.C3H4N2/c1-3-7-11-9(5-1)10-6-2-4-8-12(10)13-11;1-2-4-5-3-1;1-2-5-3-4-1/h1-8,13H;1-4H;1-3H,(H,4,5). The minimum atomic E-state index is 1.21. The smallest absolute Gasteiger partial charge is 0.0919 e. The zero-order valence-corrected chi connectivity index (χ0v) is 12.5. The number of aromatic nitrogens is 3. The zero-order chi connectivity index (χ0) is 15.7. The van der Waals surface area contributed by atoms with E-state index in [9.17, 15) is 0 Å². The number of fused-ring (bicyclic) bond motifs is 3. The quantitative estimate of drug-likeness (QED) is 0.422. The molecule has 0 radical (unpaired) electrons. The molecule has 0 aliphatic carbocycles. The van der Waals surface area contributed by atoms with Gasteiger partial charge in [0.1, 0.15) is 0 Å². The maximum atomic E-state index is 4.58. The summed E-state index contributed by atoms with van der Waals surface area (Å²) < 4.78 is 4.58. The molecule has 0 saturated carbocycles. The molecule has 23 heavy (non-hydrogen) atoms. The number of benzene rings is 2. The third kappa shape index (κ3) is 3.89. The fourth-order valence-electron chi connectivity index (χ4n) is 2.24. The van der Waals surface area contributed by atoms with Crippen LogP contribution in [0.4, 0.5) is 0 Å². The number of nitrogens with one attached hydrogen (secondary N) is 2. The predicted molar refractivity (Wildman–Crippen MR) is 93.1 cm³/mol. The minimum Gasteiger partial charge on any atom is -0.473 e. The monoisotopic (exact) mass is 303 g/mol. The Kier molecular flexibility index (Phi) is 4.88. The second-order valence-corrected chi connectivity index (χ2v) is 4.77. The minimum absolute atomic E-state index is 1.21. The fourth-order valence-corrected chi connectivity index (χ4v) is 2.24. The number of nitrogens with zero attached hydrogens (tertiary/aromatic N) is 1. The molecule has 0 aliphatic rings. The SMILES string of the molecule is c1c[nH]cn1.c1ccc2c(c1)[nH]c1ccccc12.c1ccoc1. The Hall–Kier alpha value is -3.27. The average Bonchev–Trinajstić information content (AvgIpc) is 3.38. The van der Waals surface area contributed by atoms with Gasteiger partial charge in [-0.1, -0.05) is 36.4 Å². The van der Waals surface area contributed by atoms with Gasteiger partial charge in [-0.05, 0) is 24.3 Å². The normalized spacial score (nSPS) is 9.74. The zero-order valence-electron chi connectivity index (χ0n) is 12.5. The second kappa shape index (κ2) is 7.66. The van der Waals surface area contributed by atoms with Crippen molar-refractivity contribution >= 4 is 21.8 Å². The third-order valence-corrected chi connectivity index (χ3v) is 3.24. The number of imidazole rings is 1. The van der Waals surface area contributed by atoms with Gasteiger partial charge in [0.15, 0.2) is 0 Å². The summed E-state index contributed by atoms with van der Waals surface area (Å²) in [7, 11) is 0. The van der Waals surface area contributed by atoms with Crippen molar-refractivity contribution in [2.45, 2.75) is 0 Å². The number of para-hydroxylation sites is 2. The maximum Gasteiger partial charge on any atom is 0.0919 e. The van der Waals surface area contributed by atoms with Crippen LogP contribution in [0.5, 0.6) is 0 Å². The molecule has 0 bridgehead atoms. The summed E-state index contributed by atoms with van der Waals surface area (Å²) in [6.45, 7) is 0. The molecule has 5 rings (SSSR count). The first-order chi connectivity index (χ1) is 11.4. The van der Waals surface area contributed by atoms with Crippen LogP contribution in [-0.2, 0) is 0 Å². The number of furan rings is 1. The van der Waals surface area contributed by atoms with Crippen LogP contribution < -0.4 is 0 Å². The van der Waals surface area contributed by atoms with Crippen molar-refractivity contribution in [1.29, 1.82) is 0 Å². The first-order valence-electron chi connectivity index (χ1n) is 7.30. The number of H-pyrrole nitrogens is 2. The van der Waals surface area contributed by atoms with Crippen LogP contribution in [0.1, 0.15) is 0 Å². The van der Waals surface area contributed by atoms with Gasteiger partial charge in [0.2, 0.25) is 0 Å². The Labute approximate surface area is 133 Å². The summed E-state index contributed by atoms with van der Waals surface area (Å²) in [5, 5.41) is 2.61. The number of hydrogen-bond donors (Lipinski definition) is 2. The molecule has 0 saturated heterocycles. The Balaban J connectivity index is 0.000000128. The molecule has 0 amide bonds. The van der Waals surface area contributed by atoms with E-state index in [0.29, 0.717) is 0 Å². The molecule has 5 aromatic rings. The van der Waals surface area contributed by atoms with E-state index in [-0.39, 0.29) is 0 Å². The van der Waals surface area contributed by atoms with Gasteiger partial charge in [0, 0.05) is 34.2 Å². The van der Waals surface area contributed by atoms with Gasteiger partial charge >= 0.3 is 0 Å². The van der Waals surface area contributed by atoms with E-state index in [1.165, 1.54) is 21.8 Å². The van der Waals surface area contributed by atoms with E-state index < -0.39 is 0 Å². The van der Waals surface area contributed by atoms with Gasteiger partial charge in [0.25, 0.3) is 0 Å². The highest BCUT2D eigenvalue weighted by Crippen LogP contribution is 2.24. The largest absolute Gasteiger partial charge is 0.473 e. The Morgan fingerprint density at radius 1 is 0.739 bits per heavy atom. The molecule has 2 aromatic carbocycles. The van der Waals surface area contributed by atoms with E-state index in [4.69, 9.17) is 0 Å². The molecule has 0 aliphatic heterocycles. The first-order valence-corrected chi connectivity index (χ1v) is 7.30. The summed E-state index contributed by atoms with van der Waals surface area (Å²) in [6, 6.07) is 20.4. The van der Waals surface area contributed by atoms with Crippen LogP contribution in [0.2, 0.25) is 0 Å². The number of hydrogen-bond acceptors (Lipinski definition) is 2. The summed E-state index contributed by atoms with van der Waals surface area (Å²) >= 11 is 0. The molecule has 0 unspecified atom stereocenters. The Morgan fingerprint density at radius 3 is 1.74 bits per heavy atom. The Bertz CT molecular complexity index is 811. The van der Waals surface area contributed by atoms with E-state index in [2.05, 4.69) is 67.9 Å². The van der Waals surface area contributed by atoms with Gasteiger partial charge in [-0.25, -0.2) is 4.98 Å². The molecule has 3 heterocycles. The van der Waals surface area contributed by atoms with E-state index in [0.717, 1.165) is 0 Å². The molecular formula is C19H17N3O. The van der Waals surface area contributed by atoms with Crippen molar-refractivity contribution in [1.82, 2.24) is 15.0 Å². The van der Waals surface area contributed by atoms with Gasteiger partial charge < -0.3 is 14.4 Å². The Morgan fingerprint density at radius 2 is 1.35 bits per heavy atom. The van der Waals surface area contributed by atoms with Crippen molar-refractivity contribution in [2.24, 2.45) is 0 Å². The summed E-state index contributed by atoms with van der Waals surface area (Å²) in [4.78, 5) is 9.79. The van der Waals surface area contributed by atoms with Gasteiger partial charge in [-0.3, -0.25) is 0 Å². The van der Waals surface area contributed by atoms with Crippen molar-refractivity contribution in [3.63, 3.8) is 0 Å². The summed E-state index contributed by atoms with van der Waals surface area (Å²) in [5.74, 6) is 0. The molecule has 0 atom stereocenters. The molecule has 3 aromatic heterocycles. The summed E-state index contributed by atoms with van der Waals surface area (Å²) in [6.07, 6.45) is 8.33. The highest BCUT2D eigenvalue weighted by molar-refractivity contribution is 6.06. The van der Waals surface area contributed by atoms with Crippen molar-refractivity contribution in [2.75, 3.05) is 0 Å². The van der Waals surface area contributed by atoms with Crippen LogP contribution >= 0.6 is 0 Å². The van der Waals surface area contributed by atoms with Crippen LogP contribution in [0.3, 0.4) is 0 Å². The number of aromatic amines is 2. The molecule has 4 heteroatoms. The van der Waals surface area contributed by atoms with E-state index >= 15 is 0 Å². The lowest BCUT2D eigenvalue weighted by atomic mass is 10.2. The van der Waals surface area contributed by atoms with Crippen molar-refractivity contribution < 1.29 is 4.42 Å². The lowest BCUT2D eigenvalue weighted by molar-refractivity contribution is 0.567. The topological polar surface area (TPSA) is 57.6 Å². The highest BCUT2D eigenvalue weighted by atomic mass is 16.3. The third-order valence-electron chi connectivity index (χ3n) is 3.24. The second-order valence-electron chi connectivity index (χ2n) is 4.77. The highest BCUT2D eigenvalue weighted by Gasteiger charge is 2.00. The molecule has 114 valence electrons. The predicted octanol–water partition coefficient (Wildman–Crippen LogP) is 5.01. The molecular weight excluding hydrogens is 286 g/mol. The van der Waals surface area contributed by atoms with Crippen LogP contribution in [0, 0.1) is 0 Å². The van der Waals surface area contributed by atoms with E-state index in [1.54, 1.807) is 31.2 Å². The van der Waals surface area contributed by atoms with Gasteiger partial charge in [-0.2, -0.15) is 0 Å². The molecule has 0 spiro atoms. The van der Waals surface area contributed by atoms with Crippen molar-refractivity contribution in [3.05, 3.63) is 91.9 Å². The first kappa shape index (κ1) is 14.7. The lowest BCUT2D eigenvalue weighted by Gasteiger charge is -1.87. The maximum absolute atomic E-state index is 4.58. The van der Waals surface area contributed by atoms with E-state index in [1.807, 2.05) is 12.1 Å². The van der Waals surface area contributed by atoms with Gasteiger partial charge in [0.05, 0.1) is 18.9 Å². The van der Waals surface area contributed by atoms with Crippen molar-refractivity contribution in [3.8, 4) is 0 Å². The van der Waals surface area contributed by atoms with Crippen LogP contribution in [0.25, 0.3) is 21.8 Å². The molecule has 2 N–H and O–H groups in total. The fraction of sp³-hybridized carbons (Fsp3) is 0. The molecule has 4 nitrogen and oxygen atoms in total.